The van der Waals surface area contributed by atoms with Gasteiger partial charge in [-0.15, -0.1) is 0 Å². The predicted octanol–water partition coefficient (Wildman–Crippen LogP) is 4.05. The Morgan fingerprint density at radius 3 is 2.34 bits per heavy atom. The van der Waals surface area contributed by atoms with E-state index in [2.05, 4.69) is 60.2 Å². The third kappa shape index (κ3) is 4.09. The summed E-state index contributed by atoms with van der Waals surface area (Å²) >= 11 is 0. The molecule has 2 aromatic heterocycles. The number of hydrogen-bond acceptors (Lipinski definition) is 5. The van der Waals surface area contributed by atoms with Crippen molar-refractivity contribution < 1.29 is 0 Å². The minimum Gasteiger partial charge on any atom is -0.368 e. The molecule has 0 aromatic carbocycles. The van der Waals surface area contributed by atoms with Gasteiger partial charge in [0.05, 0.1) is 0 Å². The highest BCUT2D eigenvalue weighted by Crippen LogP contribution is 2.27. The molecule has 0 saturated carbocycles. The molecule has 0 spiro atoms. The van der Waals surface area contributed by atoms with E-state index in [-0.39, 0.29) is 0 Å². The number of piperazine rings is 1. The number of pyridine rings is 2. The first-order valence-corrected chi connectivity index (χ1v) is 10.9. The molecule has 29 heavy (non-hydrogen) atoms. The predicted molar refractivity (Wildman–Crippen MR) is 122 cm³/mol. The first-order chi connectivity index (χ1) is 14.1. The van der Waals surface area contributed by atoms with Gasteiger partial charge in [0, 0.05) is 62.4 Å². The Bertz CT molecular complexity index is 877. The number of rotatable bonds is 5. The van der Waals surface area contributed by atoms with Crippen LogP contribution in [-0.4, -0.2) is 54.1 Å². The molecule has 2 saturated heterocycles. The van der Waals surface area contributed by atoms with Crippen molar-refractivity contribution in [2.24, 2.45) is 0 Å². The van der Waals surface area contributed by atoms with Crippen LogP contribution in [0.2, 0.25) is 0 Å². The Morgan fingerprint density at radius 1 is 1.00 bits per heavy atom. The van der Waals surface area contributed by atoms with E-state index < -0.39 is 0 Å². The average Bonchev–Trinajstić information content (AvgIpc) is 3.28. The molecule has 4 rings (SSSR count). The molecule has 0 aliphatic carbocycles. The topological polar surface area (TPSA) is 35.5 Å². The van der Waals surface area contributed by atoms with E-state index in [1.165, 1.54) is 29.5 Å². The van der Waals surface area contributed by atoms with Crippen molar-refractivity contribution in [2.75, 3.05) is 49.1 Å². The standard InChI is InChI=1S/C24H33N5/c1-5-21-16-18(2)24(25-17-21)29-14-12-27(13-15-29)20(4)22-8-9-23(26-19(22)3)28-10-6-7-11-28/h8-9,16-17H,4-7,10-15H2,1-3H3. The molecular weight excluding hydrogens is 358 g/mol. The first kappa shape index (κ1) is 19.7. The minimum absolute atomic E-state index is 0.961. The van der Waals surface area contributed by atoms with Crippen LogP contribution in [0.25, 0.3) is 5.70 Å². The third-order valence-electron chi connectivity index (χ3n) is 6.29. The zero-order valence-corrected chi connectivity index (χ0v) is 18.1. The molecule has 2 aliphatic heterocycles. The van der Waals surface area contributed by atoms with Crippen molar-refractivity contribution >= 4 is 17.3 Å². The summed E-state index contributed by atoms with van der Waals surface area (Å²) in [5.74, 6) is 2.23. The Labute approximate surface area is 175 Å². The summed E-state index contributed by atoms with van der Waals surface area (Å²) in [6.07, 6.45) is 5.60. The second kappa shape index (κ2) is 8.44. The Kier molecular flexibility index (Phi) is 5.74. The highest BCUT2D eigenvalue weighted by atomic mass is 15.3. The maximum Gasteiger partial charge on any atom is 0.131 e. The number of nitrogens with zero attached hydrogens (tertiary/aromatic N) is 5. The van der Waals surface area contributed by atoms with Crippen LogP contribution in [-0.2, 0) is 6.42 Å². The van der Waals surface area contributed by atoms with Crippen molar-refractivity contribution in [2.45, 2.75) is 40.0 Å². The third-order valence-corrected chi connectivity index (χ3v) is 6.29. The van der Waals surface area contributed by atoms with Crippen LogP contribution in [0.15, 0.2) is 31.0 Å². The number of hydrogen-bond donors (Lipinski definition) is 0. The lowest BCUT2D eigenvalue weighted by molar-refractivity contribution is 0.366. The van der Waals surface area contributed by atoms with Gasteiger partial charge in [0.1, 0.15) is 11.6 Å². The largest absolute Gasteiger partial charge is 0.368 e. The molecule has 5 heteroatoms. The highest BCUT2D eigenvalue weighted by molar-refractivity contribution is 5.65. The zero-order chi connectivity index (χ0) is 20.4. The lowest BCUT2D eigenvalue weighted by atomic mass is 10.1. The van der Waals surface area contributed by atoms with Crippen molar-refractivity contribution in [3.8, 4) is 0 Å². The Morgan fingerprint density at radius 2 is 1.72 bits per heavy atom. The summed E-state index contributed by atoms with van der Waals surface area (Å²) in [5.41, 5.74) is 5.92. The SMILES string of the molecule is C=C(c1ccc(N2CCCC2)nc1C)N1CCN(c2ncc(CC)cc2C)CC1. The van der Waals surface area contributed by atoms with E-state index in [0.29, 0.717) is 0 Å². The van der Waals surface area contributed by atoms with Gasteiger partial charge in [-0.1, -0.05) is 19.6 Å². The summed E-state index contributed by atoms with van der Waals surface area (Å²) in [6.45, 7) is 17.0. The maximum atomic E-state index is 4.88. The van der Waals surface area contributed by atoms with Gasteiger partial charge in [-0.3, -0.25) is 0 Å². The van der Waals surface area contributed by atoms with Crippen LogP contribution < -0.4 is 9.80 Å². The molecule has 0 radical (unpaired) electrons. The van der Waals surface area contributed by atoms with Crippen molar-refractivity contribution in [1.82, 2.24) is 14.9 Å². The van der Waals surface area contributed by atoms with E-state index in [9.17, 15) is 0 Å². The molecule has 4 heterocycles. The van der Waals surface area contributed by atoms with Crippen LogP contribution in [0, 0.1) is 13.8 Å². The summed E-state index contributed by atoms with van der Waals surface area (Å²) < 4.78 is 0. The van der Waals surface area contributed by atoms with Crippen molar-refractivity contribution in [1.29, 1.82) is 0 Å². The molecular formula is C24H33N5. The summed E-state index contributed by atoms with van der Waals surface area (Å²) in [7, 11) is 0. The monoisotopic (exact) mass is 391 g/mol. The molecule has 0 bridgehead atoms. The molecule has 0 amide bonds. The van der Waals surface area contributed by atoms with E-state index >= 15 is 0 Å². The van der Waals surface area contributed by atoms with Gasteiger partial charge < -0.3 is 14.7 Å². The van der Waals surface area contributed by atoms with Crippen LogP contribution >= 0.6 is 0 Å². The van der Waals surface area contributed by atoms with E-state index in [0.717, 1.165) is 68.7 Å². The van der Waals surface area contributed by atoms with Crippen LogP contribution in [0.3, 0.4) is 0 Å². The van der Waals surface area contributed by atoms with Gasteiger partial charge in [-0.05, 0) is 56.4 Å². The summed E-state index contributed by atoms with van der Waals surface area (Å²) in [5, 5.41) is 0. The van der Waals surface area contributed by atoms with Crippen molar-refractivity contribution in [3.05, 3.63) is 53.4 Å². The average molecular weight is 392 g/mol. The fourth-order valence-electron chi connectivity index (χ4n) is 4.48. The normalized spacial score (nSPS) is 17.1. The number of anilines is 2. The molecule has 0 atom stereocenters. The highest BCUT2D eigenvalue weighted by Gasteiger charge is 2.22. The van der Waals surface area contributed by atoms with Gasteiger partial charge in [-0.2, -0.15) is 0 Å². The van der Waals surface area contributed by atoms with Crippen LogP contribution in [0.4, 0.5) is 11.6 Å². The Hall–Kier alpha value is -2.56. The molecule has 0 unspecified atom stereocenters. The van der Waals surface area contributed by atoms with Crippen molar-refractivity contribution in [3.63, 3.8) is 0 Å². The molecule has 0 N–H and O–H groups in total. The van der Waals surface area contributed by atoms with Gasteiger partial charge in [0.15, 0.2) is 0 Å². The lowest BCUT2D eigenvalue weighted by Gasteiger charge is -2.38. The zero-order valence-electron chi connectivity index (χ0n) is 18.1. The van der Waals surface area contributed by atoms with Gasteiger partial charge in [-0.25, -0.2) is 9.97 Å². The van der Waals surface area contributed by atoms with Gasteiger partial charge in [0.2, 0.25) is 0 Å². The summed E-state index contributed by atoms with van der Waals surface area (Å²) in [4.78, 5) is 16.8. The van der Waals surface area contributed by atoms with Gasteiger partial charge in [0.25, 0.3) is 0 Å². The second-order valence-electron chi connectivity index (χ2n) is 8.25. The van der Waals surface area contributed by atoms with Crippen LogP contribution in [0.1, 0.15) is 42.1 Å². The second-order valence-corrected chi connectivity index (χ2v) is 8.25. The fraction of sp³-hybridized carbons (Fsp3) is 0.500. The summed E-state index contributed by atoms with van der Waals surface area (Å²) in [6, 6.07) is 6.64. The number of aromatic nitrogens is 2. The van der Waals surface area contributed by atoms with Gasteiger partial charge >= 0.3 is 0 Å². The smallest absolute Gasteiger partial charge is 0.131 e. The minimum atomic E-state index is 0.961. The molecule has 5 nitrogen and oxygen atoms in total. The Balaban J connectivity index is 1.41. The lowest BCUT2D eigenvalue weighted by Crippen LogP contribution is -2.46. The molecule has 2 aliphatic rings. The van der Waals surface area contributed by atoms with Crippen LogP contribution in [0.5, 0.6) is 0 Å². The molecule has 2 fully saturated rings. The molecule has 154 valence electrons. The fourth-order valence-corrected chi connectivity index (χ4v) is 4.48. The van der Waals surface area contributed by atoms with E-state index in [4.69, 9.17) is 9.97 Å². The first-order valence-electron chi connectivity index (χ1n) is 10.9. The number of aryl methyl sites for hydroxylation is 3. The van der Waals surface area contributed by atoms with E-state index in [1.54, 1.807) is 0 Å². The molecule has 2 aromatic rings. The maximum absolute atomic E-state index is 4.88. The van der Waals surface area contributed by atoms with E-state index in [1.807, 2.05) is 6.20 Å². The quantitative estimate of drug-likeness (QED) is 0.768.